The molecule has 0 saturated carbocycles. The van der Waals surface area contributed by atoms with Gasteiger partial charge in [0.2, 0.25) is 0 Å². The zero-order chi connectivity index (χ0) is 16.2. The Hall–Kier alpha value is -1.11. The fourth-order valence-corrected chi connectivity index (χ4v) is 2.68. The molecule has 0 spiro atoms. The van der Waals surface area contributed by atoms with Crippen molar-refractivity contribution >= 4 is 25.6 Å². The molecule has 1 aromatic rings. The van der Waals surface area contributed by atoms with Crippen molar-refractivity contribution in [2.24, 2.45) is 0 Å². The van der Waals surface area contributed by atoms with Crippen molar-refractivity contribution in [1.29, 1.82) is 0 Å². The molecule has 0 aliphatic heterocycles. The predicted octanol–water partition coefficient (Wildman–Crippen LogP) is 2.39. The SMILES string of the molecule is CCOCC(C)NC(=O)c1cc(S(=O)(=O)Cl)cc(C)c1C. The van der Waals surface area contributed by atoms with Crippen LogP contribution in [0.3, 0.4) is 0 Å². The fraction of sp³-hybridized carbons (Fsp3) is 0.500. The Morgan fingerprint density at radius 3 is 2.52 bits per heavy atom. The summed E-state index contributed by atoms with van der Waals surface area (Å²) in [7, 11) is 1.48. The molecule has 0 aliphatic rings. The summed E-state index contributed by atoms with van der Waals surface area (Å²) < 4.78 is 28.1. The molecule has 5 nitrogen and oxygen atoms in total. The van der Waals surface area contributed by atoms with Crippen molar-refractivity contribution in [3.8, 4) is 0 Å². The van der Waals surface area contributed by atoms with E-state index in [2.05, 4.69) is 5.32 Å². The lowest BCUT2D eigenvalue weighted by atomic mass is 10.0. The van der Waals surface area contributed by atoms with Gasteiger partial charge in [-0.15, -0.1) is 0 Å². The van der Waals surface area contributed by atoms with Gasteiger partial charge in [0.25, 0.3) is 15.0 Å². The Labute approximate surface area is 130 Å². The third-order valence-corrected chi connectivity index (χ3v) is 4.45. The second kappa shape index (κ2) is 7.24. The van der Waals surface area contributed by atoms with Gasteiger partial charge in [0.15, 0.2) is 0 Å². The van der Waals surface area contributed by atoms with Gasteiger partial charge >= 0.3 is 0 Å². The molecule has 0 aromatic heterocycles. The maximum atomic E-state index is 12.3. The van der Waals surface area contributed by atoms with Gasteiger partial charge in [0.1, 0.15) is 0 Å². The fourth-order valence-electron chi connectivity index (χ4n) is 1.84. The number of rotatable bonds is 6. The highest BCUT2D eigenvalue weighted by Gasteiger charge is 2.19. The van der Waals surface area contributed by atoms with Crippen LogP contribution in [0.4, 0.5) is 0 Å². The summed E-state index contributed by atoms with van der Waals surface area (Å²) in [6, 6.07) is 2.58. The largest absolute Gasteiger partial charge is 0.380 e. The summed E-state index contributed by atoms with van der Waals surface area (Å²) in [6.45, 7) is 8.16. The smallest absolute Gasteiger partial charge is 0.261 e. The van der Waals surface area contributed by atoms with E-state index in [-0.39, 0.29) is 16.8 Å². The minimum absolute atomic E-state index is 0.0742. The maximum Gasteiger partial charge on any atom is 0.261 e. The topological polar surface area (TPSA) is 72.5 Å². The second-order valence-corrected chi connectivity index (χ2v) is 7.45. The summed E-state index contributed by atoms with van der Waals surface area (Å²) in [6.07, 6.45) is 0. The molecule has 1 atom stereocenters. The number of nitrogens with one attached hydrogen (secondary N) is 1. The zero-order valence-electron chi connectivity index (χ0n) is 12.6. The van der Waals surface area contributed by atoms with Gasteiger partial charge < -0.3 is 10.1 Å². The molecule has 1 rings (SSSR count). The van der Waals surface area contributed by atoms with Crippen LogP contribution in [0.1, 0.15) is 35.3 Å². The molecule has 0 heterocycles. The Morgan fingerprint density at radius 1 is 1.38 bits per heavy atom. The number of hydrogen-bond donors (Lipinski definition) is 1. The molecule has 7 heteroatoms. The molecular weight excluding hydrogens is 314 g/mol. The normalized spacial score (nSPS) is 13.0. The van der Waals surface area contributed by atoms with E-state index >= 15 is 0 Å². The first-order chi connectivity index (χ1) is 9.66. The van der Waals surface area contributed by atoms with Crippen LogP contribution in [-0.2, 0) is 13.8 Å². The molecule has 0 fully saturated rings. The van der Waals surface area contributed by atoms with E-state index in [0.717, 1.165) is 5.56 Å². The number of carbonyl (C=O) groups is 1. The maximum absolute atomic E-state index is 12.3. The van der Waals surface area contributed by atoms with Gasteiger partial charge in [0, 0.05) is 28.9 Å². The highest BCUT2D eigenvalue weighted by Crippen LogP contribution is 2.22. The first-order valence-corrected chi connectivity index (χ1v) is 8.92. The van der Waals surface area contributed by atoms with Gasteiger partial charge in [0.05, 0.1) is 11.5 Å². The third kappa shape index (κ3) is 4.98. The van der Waals surface area contributed by atoms with E-state index in [1.165, 1.54) is 12.1 Å². The minimum Gasteiger partial charge on any atom is -0.380 e. The number of hydrogen-bond acceptors (Lipinski definition) is 4. The van der Waals surface area contributed by atoms with Crippen LogP contribution in [0.2, 0.25) is 0 Å². The zero-order valence-corrected chi connectivity index (χ0v) is 14.1. The van der Waals surface area contributed by atoms with Gasteiger partial charge in [-0.2, -0.15) is 0 Å². The highest BCUT2D eigenvalue weighted by molar-refractivity contribution is 8.13. The summed E-state index contributed by atoms with van der Waals surface area (Å²) in [4.78, 5) is 12.2. The van der Waals surface area contributed by atoms with Gasteiger partial charge in [-0.3, -0.25) is 4.79 Å². The first kappa shape index (κ1) is 17.9. The lowest BCUT2D eigenvalue weighted by Crippen LogP contribution is -2.36. The molecule has 0 saturated heterocycles. The lowest BCUT2D eigenvalue weighted by molar-refractivity contribution is 0.0871. The number of aryl methyl sites for hydroxylation is 1. The lowest BCUT2D eigenvalue weighted by Gasteiger charge is -2.16. The van der Waals surface area contributed by atoms with Crippen LogP contribution in [-0.4, -0.2) is 33.6 Å². The molecule has 1 amide bonds. The predicted molar refractivity (Wildman–Crippen MR) is 82.4 cm³/mol. The van der Waals surface area contributed by atoms with E-state index < -0.39 is 9.05 Å². The molecule has 1 N–H and O–H groups in total. The van der Waals surface area contributed by atoms with Crippen molar-refractivity contribution in [3.63, 3.8) is 0 Å². The number of halogens is 1. The van der Waals surface area contributed by atoms with E-state index in [9.17, 15) is 13.2 Å². The van der Waals surface area contributed by atoms with Crippen molar-refractivity contribution < 1.29 is 17.9 Å². The monoisotopic (exact) mass is 333 g/mol. The quantitative estimate of drug-likeness (QED) is 0.811. The number of carbonyl (C=O) groups excluding carboxylic acids is 1. The van der Waals surface area contributed by atoms with E-state index in [0.29, 0.717) is 24.3 Å². The van der Waals surface area contributed by atoms with E-state index in [4.69, 9.17) is 15.4 Å². The number of amides is 1. The average molecular weight is 334 g/mol. The Morgan fingerprint density at radius 2 is 2.00 bits per heavy atom. The number of benzene rings is 1. The molecule has 118 valence electrons. The van der Waals surface area contributed by atoms with Crippen LogP contribution < -0.4 is 5.32 Å². The van der Waals surface area contributed by atoms with Crippen LogP contribution in [0.15, 0.2) is 17.0 Å². The summed E-state index contributed by atoms with van der Waals surface area (Å²) in [5.74, 6) is -0.343. The van der Waals surface area contributed by atoms with E-state index in [1.54, 1.807) is 13.8 Å². The number of ether oxygens (including phenoxy) is 1. The molecule has 21 heavy (non-hydrogen) atoms. The van der Waals surface area contributed by atoms with Gasteiger partial charge in [-0.25, -0.2) is 8.42 Å². The van der Waals surface area contributed by atoms with Gasteiger partial charge in [-0.1, -0.05) is 0 Å². The molecule has 1 unspecified atom stereocenters. The molecular formula is C14H20ClNO4S. The molecule has 0 radical (unpaired) electrons. The summed E-state index contributed by atoms with van der Waals surface area (Å²) in [5, 5.41) is 2.78. The van der Waals surface area contributed by atoms with Gasteiger partial charge in [-0.05, 0) is 51.0 Å². The van der Waals surface area contributed by atoms with Crippen LogP contribution >= 0.6 is 10.7 Å². The molecule has 0 bridgehead atoms. The van der Waals surface area contributed by atoms with Crippen molar-refractivity contribution in [2.75, 3.05) is 13.2 Å². The Balaban J connectivity index is 3.06. The summed E-state index contributed by atoms with van der Waals surface area (Å²) in [5.41, 5.74) is 1.72. The Bertz CT molecular complexity index is 628. The van der Waals surface area contributed by atoms with Crippen LogP contribution in [0, 0.1) is 13.8 Å². The average Bonchev–Trinajstić information content (AvgIpc) is 2.37. The second-order valence-electron chi connectivity index (χ2n) is 4.88. The van der Waals surface area contributed by atoms with Crippen molar-refractivity contribution in [2.45, 2.75) is 38.6 Å². The Kier molecular flexibility index (Phi) is 6.19. The minimum atomic E-state index is -3.87. The van der Waals surface area contributed by atoms with Crippen molar-refractivity contribution in [1.82, 2.24) is 5.32 Å². The molecule has 0 aliphatic carbocycles. The van der Waals surface area contributed by atoms with Crippen LogP contribution in [0.25, 0.3) is 0 Å². The summed E-state index contributed by atoms with van der Waals surface area (Å²) >= 11 is 0. The molecule has 1 aromatic carbocycles. The highest BCUT2D eigenvalue weighted by atomic mass is 35.7. The third-order valence-electron chi connectivity index (χ3n) is 3.12. The van der Waals surface area contributed by atoms with E-state index in [1.807, 2.05) is 13.8 Å². The van der Waals surface area contributed by atoms with Crippen molar-refractivity contribution in [3.05, 3.63) is 28.8 Å². The van der Waals surface area contributed by atoms with Crippen LogP contribution in [0.5, 0.6) is 0 Å². The first-order valence-electron chi connectivity index (χ1n) is 6.61. The standard InChI is InChI=1S/C14H20ClNO4S/c1-5-20-8-10(3)16-14(17)13-7-12(21(15,18)19)6-9(2)11(13)4/h6-7,10H,5,8H2,1-4H3,(H,16,17).